The first-order chi connectivity index (χ1) is 9.10. The van der Waals surface area contributed by atoms with Gasteiger partial charge in [0.15, 0.2) is 0 Å². The van der Waals surface area contributed by atoms with Gasteiger partial charge >= 0.3 is 0 Å². The predicted molar refractivity (Wildman–Crippen MR) is 76.2 cm³/mol. The van der Waals surface area contributed by atoms with Crippen molar-refractivity contribution in [3.63, 3.8) is 0 Å². The lowest BCUT2D eigenvalue weighted by molar-refractivity contribution is -0.136. The Morgan fingerprint density at radius 1 is 1.53 bits per heavy atom. The molecular weight excluding hydrogens is 240 g/mol. The molecule has 104 valence electrons. The first kappa shape index (κ1) is 14.0. The van der Waals surface area contributed by atoms with Crippen LogP contribution in [-0.2, 0) is 22.5 Å². The van der Waals surface area contributed by atoms with E-state index >= 15 is 0 Å². The molecule has 1 unspecified atom stereocenters. The molecule has 0 aliphatic carbocycles. The number of benzene rings is 1. The number of anilines is 1. The van der Waals surface area contributed by atoms with Crippen LogP contribution in [0, 0.1) is 0 Å². The molecule has 1 amide bonds. The average Bonchev–Trinajstić information content (AvgIpc) is 2.46. The third-order valence-electron chi connectivity index (χ3n) is 3.99. The number of rotatable bonds is 4. The van der Waals surface area contributed by atoms with E-state index in [0.29, 0.717) is 6.42 Å². The Kier molecular flexibility index (Phi) is 4.22. The lowest BCUT2D eigenvalue weighted by atomic mass is 9.97. The number of nitrogens with one attached hydrogen (secondary N) is 2. The summed E-state index contributed by atoms with van der Waals surface area (Å²) < 4.78 is 5.34. The number of carbonyl (C=O) groups is 1. The lowest BCUT2D eigenvalue weighted by Gasteiger charge is -2.27. The second-order valence-electron chi connectivity index (χ2n) is 5.11. The quantitative estimate of drug-likeness (QED) is 0.873. The van der Waals surface area contributed by atoms with E-state index in [1.807, 2.05) is 26.0 Å². The molecule has 0 radical (unpaired) electrons. The zero-order valence-electron chi connectivity index (χ0n) is 11.9. The third-order valence-corrected chi connectivity index (χ3v) is 3.99. The smallest absolute Gasteiger partial charge is 0.256 e. The topological polar surface area (TPSA) is 50.4 Å². The highest BCUT2D eigenvalue weighted by atomic mass is 16.5. The minimum absolute atomic E-state index is 0.0792. The maximum absolute atomic E-state index is 12.3. The molecule has 1 aromatic rings. The Labute approximate surface area is 114 Å². The number of hydrogen-bond acceptors (Lipinski definition) is 3. The normalized spacial score (nSPS) is 17.4. The van der Waals surface area contributed by atoms with E-state index in [1.54, 1.807) is 7.11 Å². The molecule has 4 nitrogen and oxygen atoms in total. The highest BCUT2D eigenvalue weighted by Gasteiger charge is 2.31. The Morgan fingerprint density at radius 2 is 2.32 bits per heavy atom. The molecule has 1 atom stereocenters. The summed E-state index contributed by atoms with van der Waals surface area (Å²) in [4.78, 5) is 12.3. The van der Waals surface area contributed by atoms with Gasteiger partial charge in [-0.2, -0.15) is 0 Å². The van der Waals surface area contributed by atoms with Crippen LogP contribution in [0.25, 0.3) is 0 Å². The summed E-state index contributed by atoms with van der Waals surface area (Å²) in [6, 6.07) is 6.05. The van der Waals surface area contributed by atoms with E-state index in [2.05, 4.69) is 16.7 Å². The number of hydrogen-bond donors (Lipinski definition) is 2. The molecule has 2 N–H and O–H groups in total. The summed E-state index contributed by atoms with van der Waals surface area (Å²) in [5.74, 6) is -0.0792. The molecule has 0 saturated heterocycles. The summed E-state index contributed by atoms with van der Waals surface area (Å²) in [6.45, 7) is 5.59. The van der Waals surface area contributed by atoms with E-state index in [-0.39, 0.29) is 5.91 Å². The van der Waals surface area contributed by atoms with Gasteiger partial charge in [-0.25, -0.2) is 0 Å². The largest absolute Gasteiger partial charge is 0.369 e. The Morgan fingerprint density at radius 3 is 3.00 bits per heavy atom. The number of amides is 1. The van der Waals surface area contributed by atoms with E-state index in [9.17, 15) is 4.79 Å². The van der Waals surface area contributed by atoms with Gasteiger partial charge in [-0.05, 0) is 43.5 Å². The predicted octanol–water partition coefficient (Wildman–Crippen LogP) is 2.09. The van der Waals surface area contributed by atoms with E-state index in [4.69, 9.17) is 4.74 Å². The molecule has 0 saturated carbocycles. The summed E-state index contributed by atoms with van der Waals surface area (Å²) in [5.41, 5.74) is 2.65. The number of ether oxygens (including phenoxy) is 1. The van der Waals surface area contributed by atoms with Crippen molar-refractivity contribution >= 4 is 11.6 Å². The van der Waals surface area contributed by atoms with Crippen LogP contribution in [-0.4, -0.2) is 25.2 Å². The van der Waals surface area contributed by atoms with Crippen LogP contribution >= 0.6 is 0 Å². The van der Waals surface area contributed by atoms with Crippen molar-refractivity contribution in [2.75, 3.05) is 19.0 Å². The van der Waals surface area contributed by atoms with Crippen LogP contribution in [0.1, 0.15) is 31.4 Å². The molecule has 4 heteroatoms. The maximum atomic E-state index is 12.3. The molecule has 0 fully saturated rings. The van der Waals surface area contributed by atoms with Crippen LogP contribution in [0.4, 0.5) is 5.69 Å². The Hall–Kier alpha value is -1.39. The van der Waals surface area contributed by atoms with Crippen molar-refractivity contribution in [2.24, 2.45) is 0 Å². The fourth-order valence-electron chi connectivity index (χ4n) is 2.30. The number of carbonyl (C=O) groups excluding carboxylic acids is 1. The second kappa shape index (κ2) is 5.72. The van der Waals surface area contributed by atoms with Crippen molar-refractivity contribution in [2.45, 2.75) is 38.8 Å². The van der Waals surface area contributed by atoms with Crippen molar-refractivity contribution < 1.29 is 9.53 Å². The minimum atomic E-state index is -0.768. The van der Waals surface area contributed by atoms with Gasteiger partial charge in [0.1, 0.15) is 5.60 Å². The van der Waals surface area contributed by atoms with E-state index in [0.717, 1.165) is 25.2 Å². The van der Waals surface area contributed by atoms with Gasteiger partial charge in [-0.1, -0.05) is 19.1 Å². The number of fused-ring (bicyclic) bond motifs is 1. The SMILES string of the molecule is CCC(C)(OC)C(=O)Nc1cccc2c1CCNC2. The van der Waals surface area contributed by atoms with E-state index < -0.39 is 5.60 Å². The number of methoxy groups -OCH3 is 1. The zero-order valence-corrected chi connectivity index (χ0v) is 11.9. The molecule has 0 bridgehead atoms. The first-order valence-corrected chi connectivity index (χ1v) is 6.79. The van der Waals surface area contributed by atoms with Gasteiger partial charge in [-0.15, -0.1) is 0 Å². The van der Waals surface area contributed by atoms with Crippen molar-refractivity contribution in [3.05, 3.63) is 29.3 Å². The highest BCUT2D eigenvalue weighted by Crippen LogP contribution is 2.25. The van der Waals surface area contributed by atoms with Crippen molar-refractivity contribution in [1.29, 1.82) is 0 Å². The molecular formula is C15H22N2O2. The standard InChI is InChI=1S/C15H22N2O2/c1-4-15(2,19-3)14(18)17-13-7-5-6-11-10-16-9-8-12(11)13/h5-7,16H,4,8-10H2,1-3H3,(H,17,18). The van der Waals surface area contributed by atoms with Crippen LogP contribution in [0.5, 0.6) is 0 Å². The van der Waals surface area contributed by atoms with Crippen LogP contribution in [0.3, 0.4) is 0 Å². The molecule has 1 aliphatic heterocycles. The van der Waals surface area contributed by atoms with Gasteiger partial charge in [0.05, 0.1) is 0 Å². The highest BCUT2D eigenvalue weighted by molar-refractivity contribution is 5.97. The zero-order chi connectivity index (χ0) is 13.9. The molecule has 1 aromatic carbocycles. The summed E-state index contributed by atoms with van der Waals surface area (Å²) in [5, 5.41) is 6.36. The first-order valence-electron chi connectivity index (χ1n) is 6.79. The third kappa shape index (κ3) is 2.80. The monoisotopic (exact) mass is 262 g/mol. The van der Waals surface area contributed by atoms with Gasteiger partial charge in [-0.3, -0.25) is 4.79 Å². The fourth-order valence-corrected chi connectivity index (χ4v) is 2.30. The molecule has 0 aromatic heterocycles. The maximum Gasteiger partial charge on any atom is 0.256 e. The molecule has 0 spiro atoms. The minimum Gasteiger partial charge on any atom is -0.369 e. The Balaban J connectivity index is 2.22. The van der Waals surface area contributed by atoms with Crippen LogP contribution < -0.4 is 10.6 Å². The van der Waals surface area contributed by atoms with Gasteiger partial charge in [0, 0.05) is 19.3 Å². The molecule has 2 rings (SSSR count). The second-order valence-corrected chi connectivity index (χ2v) is 5.11. The van der Waals surface area contributed by atoms with E-state index in [1.165, 1.54) is 11.1 Å². The summed E-state index contributed by atoms with van der Waals surface area (Å²) in [6.07, 6.45) is 1.59. The molecule has 1 aliphatic rings. The lowest BCUT2D eigenvalue weighted by Crippen LogP contribution is -2.41. The fraction of sp³-hybridized carbons (Fsp3) is 0.533. The average molecular weight is 262 g/mol. The molecule has 1 heterocycles. The van der Waals surface area contributed by atoms with Crippen molar-refractivity contribution in [3.8, 4) is 0 Å². The summed E-state index contributed by atoms with van der Waals surface area (Å²) in [7, 11) is 1.58. The van der Waals surface area contributed by atoms with Crippen LogP contribution in [0.2, 0.25) is 0 Å². The Bertz CT molecular complexity index is 467. The summed E-state index contributed by atoms with van der Waals surface area (Å²) >= 11 is 0. The van der Waals surface area contributed by atoms with Crippen molar-refractivity contribution in [1.82, 2.24) is 5.32 Å². The van der Waals surface area contributed by atoms with Gasteiger partial charge < -0.3 is 15.4 Å². The van der Waals surface area contributed by atoms with Crippen LogP contribution in [0.15, 0.2) is 18.2 Å². The molecule has 19 heavy (non-hydrogen) atoms. The van der Waals surface area contributed by atoms with Gasteiger partial charge in [0.25, 0.3) is 5.91 Å². The van der Waals surface area contributed by atoms with Gasteiger partial charge in [0.2, 0.25) is 0 Å².